The predicted molar refractivity (Wildman–Crippen MR) is 68.0 cm³/mol. The average Bonchev–Trinajstić information content (AvgIpc) is 2.65. The van der Waals surface area contributed by atoms with E-state index in [0.717, 1.165) is 5.69 Å². The Hall–Kier alpha value is -1.76. The Morgan fingerprint density at radius 3 is 2.76 bits per heavy atom. The molecule has 2 aromatic heterocycles. The van der Waals surface area contributed by atoms with Gasteiger partial charge in [0.05, 0.1) is 4.92 Å². The summed E-state index contributed by atoms with van der Waals surface area (Å²) in [5.41, 5.74) is 1.50. The Kier molecular flexibility index (Phi) is 2.93. The van der Waals surface area contributed by atoms with Crippen LogP contribution in [0.1, 0.15) is 0 Å². The van der Waals surface area contributed by atoms with Gasteiger partial charge in [-0.1, -0.05) is 0 Å². The van der Waals surface area contributed by atoms with Crippen molar-refractivity contribution in [1.82, 2.24) is 9.61 Å². The quantitative estimate of drug-likeness (QED) is 0.475. The second-order valence-corrected chi connectivity index (χ2v) is 4.52. The van der Waals surface area contributed by atoms with Crippen molar-refractivity contribution in [1.29, 1.82) is 0 Å². The van der Waals surface area contributed by atoms with Crippen molar-refractivity contribution < 1.29 is 4.92 Å². The highest BCUT2D eigenvalue weighted by Crippen LogP contribution is 2.32. The van der Waals surface area contributed by atoms with E-state index in [9.17, 15) is 10.1 Å². The van der Waals surface area contributed by atoms with Gasteiger partial charge >= 0.3 is 5.69 Å². The van der Waals surface area contributed by atoms with Crippen molar-refractivity contribution in [3.05, 3.63) is 28.4 Å². The van der Waals surface area contributed by atoms with Gasteiger partial charge in [-0.3, -0.25) is 10.1 Å². The highest BCUT2D eigenvalue weighted by molar-refractivity contribution is 7.98. The Balaban J connectivity index is 2.73. The second kappa shape index (κ2) is 4.25. The summed E-state index contributed by atoms with van der Waals surface area (Å²) in [5, 5.41) is 15.7. The molecule has 17 heavy (non-hydrogen) atoms. The first-order valence-electron chi connectivity index (χ1n) is 4.92. The molecule has 7 heteroatoms. The third-order valence-electron chi connectivity index (χ3n) is 2.45. The lowest BCUT2D eigenvalue weighted by Crippen LogP contribution is -2.08. The Bertz CT molecular complexity index is 579. The van der Waals surface area contributed by atoms with E-state index in [2.05, 4.69) is 5.10 Å². The number of aromatic nitrogens is 2. The summed E-state index contributed by atoms with van der Waals surface area (Å²) in [4.78, 5) is 12.6. The molecule has 0 spiro atoms. The van der Waals surface area contributed by atoms with Crippen LogP contribution in [0.5, 0.6) is 0 Å². The lowest BCUT2D eigenvalue weighted by molar-refractivity contribution is -0.386. The third-order valence-corrected chi connectivity index (χ3v) is 3.12. The fourth-order valence-corrected chi connectivity index (χ4v) is 2.13. The molecule has 0 atom stereocenters. The van der Waals surface area contributed by atoms with Gasteiger partial charge in [0.1, 0.15) is 5.52 Å². The van der Waals surface area contributed by atoms with Crippen LogP contribution in [0.15, 0.2) is 23.4 Å². The van der Waals surface area contributed by atoms with E-state index < -0.39 is 0 Å². The van der Waals surface area contributed by atoms with Crippen molar-refractivity contribution in [2.45, 2.75) is 5.03 Å². The first kappa shape index (κ1) is 11.7. The number of nitro groups is 1. The standard InChI is InChI=1S/C10H12N4O2S/c1-12(2)7-4-5-13-8(6-7)9(14(15)16)10(11-13)17-3/h4-6H,1-3H3. The van der Waals surface area contributed by atoms with Crippen LogP contribution in [0.2, 0.25) is 0 Å². The predicted octanol–water partition coefficient (Wildman–Crippen LogP) is 2.03. The van der Waals surface area contributed by atoms with Crippen LogP contribution in [0.25, 0.3) is 5.52 Å². The van der Waals surface area contributed by atoms with Gasteiger partial charge in [0.2, 0.25) is 0 Å². The molecule has 0 amide bonds. The molecule has 2 rings (SSSR count). The minimum atomic E-state index is -0.381. The first-order chi connectivity index (χ1) is 8.04. The summed E-state index contributed by atoms with van der Waals surface area (Å²) in [6, 6.07) is 3.64. The molecule has 0 N–H and O–H groups in total. The van der Waals surface area contributed by atoms with E-state index in [1.165, 1.54) is 16.3 Å². The number of nitrogens with zero attached hydrogens (tertiary/aromatic N) is 4. The van der Waals surface area contributed by atoms with Gasteiger partial charge < -0.3 is 4.90 Å². The fourth-order valence-electron chi connectivity index (χ4n) is 1.59. The molecule has 0 aliphatic heterocycles. The van der Waals surface area contributed by atoms with Gasteiger partial charge in [-0.25, -0.2) is 4.52 Å². The van der Waals surface area contributed by atoms with Gasteiger partial charge in [-0.2, -0.15) is 5.10 Å². The average molecular weight is 252 g/mol. The minimum absolute atomic E-state index is 0.0706. The maximum absolute atomic E-state index is 11.1. The summed E-state index contributed by atoms with van der Waals surface area (Å²) in [6.07, 6.45) is 3.51. The minimum Gasteiger partial charge on any atom is -0.378 e. The van der Waals surface area contributed by atoms with Gasteiger partial charge in [-0.05, 0) is 18.4 Å². The summed E-state index contributed by atoms with van der Waals surface area (Å²) in [6.45, 7) is 0. The van der Waals surface area contributed by atoms with Crippen LogP contribution in [0.4, 0.5) is 11.4 Å². The van der Waals surface area contributed by atoms with Crippen molar-refractivity contribution in [2.24, 2.45) is 0 Å². The molecule has 0 bridgehead atoms. The van der Waals surface area contributed by atoms with E-state index in [4.69, 9.17) is 0 Å². The number of anilines is 1. The maximum atomic E-state index is 11.1. The molecule has 0 fully saturated rings. The van der Waals surface area contributed by atoms with Crippen molar-refractivity contribution >= 4 is 28.7 Å². The van der Waals surface area contributed by atoms with Crippen LogP contribution in [-0.2, 0) is 0 Å². The summed E-state index contributed by atoms with van der Waals surface area (Å²) in [7, 11) is 3.78. The van der Waals surface area contributed by atoms with Crippen LogP contribution >= 0.6 is 11.8 Å². The van der Waals surface area contributed by atoms with Gasteiger partial charge in [0, 0.05) is 26.0 Å². The van der Waals surface area contributed by atoms with Crippen molar-refractivity contribution in [3.8, 4) is 0 Å². The summed E-state index contributed by atoms with van der Waals surface area (Å²) >= 11 is 1.28. The normalized spacial score (nSPS) is 10.8. The van der Waals surface area contributed by atoms with Crippen molar-refractivity contribution in [2.75, 3.05) is 25.3 Å². The van der Waals surface area contributed by atoms with Crippen LogP contribution < -0.4 is 4.90 Å². The molecule has 0 unspecified atom stereocenters. The Labute approximate surface area is 102 Å². The first-order valence-corrected chi connectivity index (χ1v) is 6.15. The van der Waals surface area contributed by atoms with Gasteiger partial charge in [0.25, 0.3) is 0 Å². The van der Waals surface area contributed by atoms with Crippen LogP contribution in [0.3, 0.4) is 0 Å². The number of fused-ring (bicyclic) bond motifs is 1. The molecule has 0 aliphatic rings. The topological polar surface area (TPSA) is 63.7 Å². The molecule has 0 aliphatic carbocycles. The van der Waals surface area contributed by atoms with Crippen molar-refractivity contribution in [3.63, 3.8) is 0 Å². The molecular weight excluding hydrogens is 240 g/mol. The molecule has 6 nitrogen and oxygen atoms in total. The third kappa shape index (κ3) is 1.93. The number of hydrogen-bond acceptors (Lipinski definition) is 5. The van der Waals surface area contributed by atoms with E-state index in [-0.39, 0.29) is 10.6 Å². The summed E-state index contributed by atoms with van der Waals surface area (Å²) in [5.74, 6) is 0. The lowest BCUT2D eigenvalue weighted by atomic mass is 10.3. The van der Waals surface area contributed by atoms with E-state index in [1.54, 1.807) is 18.5 Å². The van der Waals surface area contributed by atoms with E-state index >= 15 is 0 Å². The SMILES string of the molecule is CSc1nn2ccc(N(C)C)cc2c1[N+](=O)[O-]. The number of rotatable bonds is 3. The van der Waals surface area contributed by atoms with E-state index in [1.807, 2.05) is 25.1 Å². The fraction of sp³-hybridized carbons (Fsp3) is 0.300. The van der Waals surface area contributed by atoms with Crippen LogP contribution in [0, 0.1) is 10.1 Å². The van der Waals surface area contributed by atoms with Gasteiger partial charge in [0.15, 0.2) is 5.03 Å². The number of hydrogen-bond donors (Lipinski definition) is 0. The van der Waals surface area contributed by atoms with Gasteiger partial charge in [-0.15, -0.1) is 11.8 Å². The molecular formula is C10H12N4O2S. The highest BCUT2D eigenvalue weighted by Gasteiger charge is 2.22. The zero-order chi connectivity index (χ0) is 12.6. The smallest absolute Gasteiger partial charge is 0.328 e. The number of pyridine rings is 1. The lowest BCUT2D eigenvalue weighted by Gasteiger charge is -2.11. The molecule has 0 aromatic carbocycles. The summed E-state index contributed by atoms with van der Waals surface area (Å²) < 4.78 is 1.54. The molecule has 0 saturated heterocycles. The van der Waals surface area contributed by atoms with Crippen LogP contribution in [-0.4, -0.2) is 34.9 Å². The highest BCUT2D eigenvalue weighted by atomic mass is 32.2. The molecule has 2 aromatic rings. The molecule has 0 radical (unpaired) electrons. The Morgan fingerprint density at radius 2 is 2.24 bits per heavy atom. The number of thioether (sulfide) groups is 1. The molecule has 2 heterocycles. The largest absolute Gasteiger partial charge is 0.378 e. The second-order valence-electron chi connectivity index (χ2n) is 3.72. The maximum Gasteiger partial charge on any atom is 0.328 e. The Morgan fingerprint density at radius 1 is 1.53 bits per heavy atom. The zero-order valence-corrected chi connectivity index (χ0v) is 10.6. The van der Waals surface area contributed by atoms with E-state index in [0.29, 0.717) is 10.5 Å². The molecule has 0 saturated carbocycles. The zero-order valence-electron chi connectivity index (χ0n) is 9.75. The monoisotopic (exact) mass is 252 g/mol. The molecule has 90 valence electrons.